The van der Waals surface area contributed by atoms with Crippen molar-refractivity contribution >= 4 is 17.7 Å². The summed E-state index contributed by atoms with van der Waals surface area (Å²) in [6, 6.07) is 1.40. The molecular formula is C9H10N2O3S. The summed E-state index contributed by atoms with van der Waals surface area (Å²) in [7, 11) is 1.32. The predicted octanol–water partition coefficient (Wildman–Crippen LogP) is 0.0645. The van der Waals surface area contributed by atoms with Crippen LogP contribution in [-0.4, -0.2) is 28.4 Å². The molecule has 5 nitrogen and oxygen atoms in total. The molecule has 0 N–H and O–H groups in total. The quantitative estimate of drug-likeness (QED) is 0.527. The number of methoxy groups -OCH3 is 1. The van der Waals surface area contributed by atoms with Crippen LogP contribution in [-0.2, 0) is 22.5 Å². The molecule has 0 spiro atoms. The summed E-state index contributed by atoms with van der Waals surface area (Å²) in [5, 5.41) is 0.696. The Bertz CT molecular complexity index is 455. The second-order valence-electron chi connectivity index (χ2n) is 3.12. The highest BCUT2D eigenvalue weighted by Crippen LogP contribution is 2.20. The largest absolute Gasteiger partial charge is 0.469 e. The van der Waals surface area contributed by atoms with E-state index in [1.807, 2.05) is 0 Å². The lowest BCUT2D eigenvalue weighted by atomic mass is 10.3. The van der Waals surface area contributed by atoms with Crippen LogP contribution in [0.3, 0.4) is 0 Å². The molecule has 0 atom stereocenters. The third-order valence-corrected chi connectivity index (χ3v) is 3.08. The predicted molar refractivity (Wildman–Crippen MR) is 54.9 cm³/mol. The van der Waals surface area contributed by atoms with E-state index in [1.165, 1.54) is 24.9 Å². The van der Waals surface area contributed by atoms with Crippen LogP contribution in [0.4, 0.5) is 0 Å². The Morgan fingerprint density at radius 3 is 3.27 bits per heavy atom. The third kappa shape index (κ3) is 2.04. The van der Waals surface area contributed by atoms with Crippen LogP contribution in [0.5, 0.6) is 0 Å². The van der Waals surface area contributed by atoms with E-state index in [4.69, 9.17) is 0 Å². The first-order chi connectivity index (χ1) is 7.20. The molecule has 0 unspecified atom stereocenters. The number of esters is 1. The molecule has 2 rings (SSSR count). The van der Waals surface area contributed by atoms with Crippen LogP contribution in [0, 0.1) is 0 Å². The van der Waals surface area contributed by atoms with E-state index in [0.29, 0.717) is 17.4 Å². The number of rotatable bonds is 2. The lowest BCUT2D eigenvalue weighted by molar-refractivity contribution is -0.139. The van der Waals surface area contributed by atoms with E-state index >= 15 is 0 Å². The number of fused-ring (bicyclic) bond motifs is 1. The third-order valence-electron chi connectivity index (χ3n) is 2.13. The summed E-state index contributed by atoms with van der Waals surface area (Å²) < 4.78 is 6.14. The molecule has 0 aliphatic carbocycles. The molecule has 0 amide bonds. The molecule has 1 aliphatic heterocycles. The minimum absolute atomic E-state index is 0.0557. The van der Waals surface area contributed by atoms with Crippen molar-refractivity contribution in [2.24, 2.45) is 0 Å². The van der Waals surface area contributed by atoms with Crippen molar-refractivity contribution in [2.75, 3.05) is 12.9 Å². The van der Waals surface area contributed by atoms with E-state index in [-0.39, 0.29) is 17.9 Å². The van der Waals surface area contributed by atoms with Gasteiger partial charge in [0.25, 0.3) is 5.56 Å². The molecule has 0 radical (unpaired) electrons. The Morgan fingerprint density at radius 2 is 2.53 bits per heavy atom. The van der Waals surface area contributed by atoms with E-state index in [0.717, 1.165) is 5.75 Å². The maximum absolute atomic E-state index is 11.6. The van der Waals surface area contributed by atoms with Crippen LogP contribution in [0.2, 0.25) is 0 Å². The van der Waals surface area contributed by atoms with Crippen molar-refractivity contribution in [2.45, 2.75) is 18.1 Å². The smallest absolute Gasteiger partial charge is 0.311 e. The molecule has 0 saturated heterocycles. The summed E-state index contributed by atoms with van der Waals surface area (Å²) in [5.74, 6) is 0.485. The SMILES string of the molecule is COC(=O)Cc1cc(=O)n2c(n1)SCC2. The normalized spacial score (nSPS) is 13.7. The number of hydrogen-bond acceptors (Lipinski definition) is 5. The second-order valence-corrected chi connectivity index (χ2v) is 4.18. The lowest BCUT2D eigenvalue weighted by Crippen LogP contribution is -2.21. The zero-order valence-electron chi connectivity index (χ0n) is 8.23. The highest BCUT2D eigenvalue weighted by molar-refractivity contribution is 7.99. The molecule has 0 aromatic carbocycles. The van der Waals surface area contributed by atoms with Gasteiger partial charge >= 0.3 is 5.97 Å². The number of hydrogen-bond donors (Lipinski definition) is 0. The monoisotopic (exact) mass is 226 g/mol. The molecule has 80 valence electrons. The number of aromatic nitrogens is 2. The van der Waals surface area contributed by atoms with E-state index in [2.05, 4.69) is 9.72 Å². The number of nitrogens with zero attached hydrogens (tertiary/aromatic N) is 2. The van der Waals surface area contributed by atoms with Crippen molar-refractivity contribution in [1.29, 1.82) is 0 Å². The highest BCUT2D eigenvalue weighted by Gasteiger charge is 2.16. The zero-order valence-corrected chi connectivity index (χ0v) is 9.04. The number of ether oxygens (including phenoxy) is 1. The van der Waals surface area contributed by atoms with Crippen LogP contribution in [0.25, 0.3) is 0 Å². The second kappa shape index (κ2) is 4.06. The van der Waals surface area contributed by atoms with Crippen molar-refractivity contribution in [1.82, 2.24) is 9.55 Å². The van der Waals surface area contributed by atoms with Gasteiger partial charge in [0.15, 0.2) is 5.16 Å². The Labute approximate surface area is 90.5 Å². The molecule has 0 bridgehead atoms. The molecule has 15 heavy (non-hydrogen) atoms. The van der Waals surface area contributed by atoms with Crippen molar-refractivity contribution in [3.63, 3.8) is 0 Å². The van der Waals surface area contributed by atoms with Gasteiger partial charge in [-0.3, -0.25) is 14.2 Å². The summed E-state index contributed by atoms with van der Waals surface area (Å²) in [6.45, 7) is 0.699. The molecule has 2 heterocycles. The number of thioether (sulfide) groups is 1. The zero-order chi connectivity index (χ0) is 10.8. The first kappa shape index (κ1) is 10.2. The van der Waals surface area contributed by atoms with Gasteiger partial charge in [-0.25, -0.2) is 4.98 Å². The Balaban J connectivity index is 2.31. The van der Waals surface area contributed by atoms with Crippen LogP contribution in [0.1, 0.15) is 5.69 Å². The minimum Gasteiger partial charge on any atom is -0.469 e. The van der Waals surface area contributed by atoms with E-state index < -0.39 is 0 Å². The highest BCUT2D eigenvalue weighted by atomic mass is 32.2. The first-order valence-corrected chi connectivity index (χ1v) is 5.49. The molecular weight excluding hydrogens is 216 g/mol. The maximum atomic E-state index is 11.6. The fraction of sp³-hybridized carbons (Fsp3) is 0.444. The van der Waals surface area contributed by atoms with Gasteiger partial charge < -0.3 is 4.74 Å². The van der Waals surface area contributed by atoms with Crippen LogP contribution in [0.15, 0.2) is 16.0 Å². The Kier molecular flexibility index (Phi) is 2.77. The summed E-state index contributed by atoms with van der Waals surface area (Å²) in [5.41, 5.74) is 0.386. The average Bonchev–Trinajstić information content (AvgIpc) is 2.66. The average molecular weight is 226 g/mol. The standard InChI is InChI=1S/C9H10N2O3S/c1-14-8(13)5-6-4-7(12)11-2-3-15-9(11)10-6/h4H,2-3,5H2,1H3. The first-order valence-electron chi connectivity index (χ1n) is 4.51. The van der Waals surface area contributed by atoms with E-state index in [1.54, 1.807) is 4.57 Å². The number of carbonyl (C=O) groups is 1. The minimum atomic E-state index is -0.380. The Morgan fingerprint density at radius 1 is 1.73 bits per heavy atom. The molecule has 1 aromatic rings. The van der Waals surface area contributed by atoms with Gasteiger partial charge in [-0.05, 0) is 0 Å². The Hall–Kier alpha value is -1.30. The van der Waals surface area contributed by atoms with Gasteiger partial charge in [0.1, 0.15) is 0 Å². The summed E-state index contributed by atoms with van der Waals surface area (Å²) in [4.78, 5) is 26.8. The van der Waals surface area contributed by atoms with E-state index in [9.17, 15) is 9.59 Å². The van der Waals surface area contributed by atoms with Crippen molar-refractivity contribution in [3.05, 3.63) is 22.1 Å². The van der Waals surface area contributed by atoms with Crippen LogP contribution < -0.4 is 5.56 Å². The van der Waals surface area contributed by atoms with Crippen molar-refractivity contribution < 1.29 is 9.53 Å². The number of carbonyl (C=O) groups excluding carboxylic acids is 1. The van der Waals surface area contributed by atoms with Gasteiger partial charge in [0.05, 0.1) is 19.2 Å². The van der Waals surface area contributed by atoms with Gasteiger partial charge in [-0.15, -0.1) is 0 Å². The summed E-state index contributed by atoms with van der Waals surface area (Å²) >= 11 is 1.53. The maximum Gasteiger partial charge on any atom is 0.311 e. The lowest BCUT2D eigenvalue weighted by Gasteiger charge is -2.03. The van der Waals surface area contributed by atoms with Gasteiger partial charge in [-0.2, -0.15) is 0 Å². The molecule has 1 aliphatic rings. The molecule has 0 saturated carbocycles. The van der Waals surface area contributed by atoms with Gasteiger partial charge in [-0.1, -0.05) is 11.8 Å². The van der Waals surface area contributed by atoms with Gasteiger partial charge in [0.2, 0.25) is 0 Å². The molecule has 0 fully saturated rings. The topological polar surface area (TPSA) is 61.2 Å². The van der Waals surface area contributed by atoms with Crippen molar-refractivity contribution in [3.8, 4) is 0 Å². The molecule has 6 heteroatoms. The van der Waals surface area contributed by atoms with Gasteiger partial charge in [0, 0.05) is 18.4 Å². The fourth-order valence-corrected chi connectivity index (χ4v) is 2.36. The summed E-state index contributed by atoms with van der Waals surface area (Å²) in [6.07, 6.45) is 0.0557. The van der Waals surface area contributed by atoms with Crippen LogP contribution >= 0.6 is 11.8 Å². The fourth-order valence-electron chi connectivity index (χ4n) is 1.39. The molecule has 1 aromatic heterocycles.